The van der Waals surface area contributed by atoms with E-state index < -0.39 is 0 Å². The van der Waals surface area contributed by atoms with Gasteiger partial charge in [-0.2, -0.15) is 9.97 Å². The number of hydrogen-bond acceptors (Lipinski definition) is 6. The number of nitrogens with zero attached hydrogens (tertiary/aromatic N) is 2. The van der Waals surface area contributed by atoms with Crippen LogP contribution in [0.3, 0.4) is 0 Å². The molecule has 1 aromatic carbocycles. The van der Waals surface area contributed by atoms with Crippen LogP contribution in [0.15, 0.2) is 24.3 Å². The Kier molecular flexibility index (Phi) is 5.41. The van der Waals surface area contributed by atoms with E-state index in [2.05, 4.69) is 15.3 Å². The number of nitrogens with one attached hydrogen (secondary N) is 1. The zero-order valence-corrected chi connectivity index (χ0v) is 13.3. The molecular weight excluding hydrogens is 282 g/mol. The van der Waals surface area contributed by atoms with Crippen molar-refractivity contribution in [3.05, 3.63) is 35.4 Å². The molecule has 1 heterocycles. The van der Waals surface area contributed by atoms with Gasteiger partial charge in [0.1, 0.15) is 12.4 Å². The molecule has 0 aliphatic carbocycles. The van der Waals surface area contributed by atoms with E-state index in [-0.39, 0.29) is 0 Å². The zero-order chi connectivity index (χ0) is 15.9. The normalized spacial score (nSPS) is 10.2. The van der Waals surface area contributed by atoms with Crippen LogP contribution in [0, 0.1) is 13.8 Å². The maximum Gasteiger partial charge on any atom is 0.229 e. The van der Waals surface area contributed by atoms with Crippen molar-refractivity contribution in [3.63, 3.8) is 0 Å². The Bertz CT molecular complexity index is 590. The summed E-state index contributed by atoms with van der Waals surface area (Å²) in [6, 6.07) is 7.71. The molecule has 0 radical (unpaired) electrons. The molecule has 2 rings (SSSR count). The van der Waals surface area contributed by atoms with Gasteiger partial charge in [-0.05, 0) is 25.0 Å². The van der Waals surface area contributed by atoms with Gasteiger partial charge >= 0.3 is 0 Å². The maximum absolute atomic E-state index is 5.82. The van der Waals surface area contributed by atoms with Crippen LogP contribution < -0.4 is 19.5 Å². The lowest BCUT2D eigenvalue weighted by Gasteiger charge is -2.12. The second kappa shape index (κ2) is 7.49. The molecule has 0 amide bonds. The zero-order valence-electron chi connectivity index (χ0n) is 13.3. The number of aromatic nitrogens is 2. The SMILES string of the molecule is COc1cc(OC)nc(NCCOc2c(C)cccc2C)n1. The summed E-state index contributed by atoms with van der Waals surface area (Å²) in [6.07, 6.45) is 0. The first-order valence-corrected chi connectivity index (χ1v) is 7.04. The van der Waals surface area contributed by atoms with Gasteiger partial charge in [-0.1, -0.05) is 18.2 Å². The van der Waals surface area contributed by atoms with Crippen molar-refractivity contribution in [2.24, 2.45) is 0 Å². The molecule has 2 aromatic rings. The van der Waals surface area contributed by atoms with E-state index in [1.807, 2.05) is 32.0 Å². The predicted octanol–water partition coefficient (Wildman–Crippen LogP) is 2.60. The van der Waals surface area contributed by atoms with E-state index in [4.69, 9.17) is 14.2 Å². The number of methoxy groups -OCH3 is 2. The number of para-hydroxylation sites is 1. The first kappa shape index (κ1) is 15.9. The van der Waals surface area contributed by atoms with Crippen LogP contribution in [0.1, 0.15) is 11.1 Å². The summed E-state index contributed by atoms with van der Waals surface area (Å²) in [5, 5.41) is 3.10. The van der Waals surface area contributed by atoms with E-state index in [1.165, 1.54) is 0 Å². The van der Waals surface area contributed by atoms with Crippen molar-refractivity contribution in [3.8, 4) is 17.5 Å². The van der Waals surface area contributed by atoms with Gasteiger partial charge in [0, 0.05) is 0 Å². The van der Waals surface area contributed by atoms with Gasteiger partial charge in [-0.25, -0.2) is 0 Å². The standard InChI is InChI=1S/C16H21N3O3/c1-11-6-5-7-12(2)15(11)22-9-8-17-16-18-13(20-3)10-14(19-16)21-4/h5-7,10H,8-9H2,1-4H3,(H,17,18,19). The molecule has 6 heteroatoms. The van der Waals surface area contributed by atoms with Crippen LogP contribution in [-0.2, 0) is 0 Å². The Labute approximate surface area is 130 Å². The Morgan fingerprint density at radius 3 is 2.14 bits per heavy atom. The Morgan fingerprint density at radius 1 is 1.00 bits per heavy atom. The van der Waals surface area contributed by atoms with Crippen LogP contribution in [0.25, 0.3) is 0 Å². The number of aryl methyl sites for hydroxylation is 2. The third kappa shape index (κ3) is 4.00. The lowest BCUT2D eigenvalue weighted by molar-refractivity contribution is 0.327. The first-order valence-electron chi connectivity index (χ1n) is 7.04. The minimum atomic E-state index is 0.446. The molecule has 0 spiro atoms. The fourth-order valence-electron chi connectivity index (χ4n) is 2.03. The number of benzene rings is 1. The highest BCUT2D eigenvalue weighted by atomic mass is 16.5. The monoisotopic (exact) mass is 303 g/mol. The van der Waals surface area contributed by atoms with Crippen LogP contribution in [0.4, 0.5) is 5.95 Å². The van der Waals surface area contributed by atoms with Crippen LogP contribution >= 0.6 is 0 Å². The Balaban J connectivity index is 1.91. The van der Waals surface area contributed by atoms with Crippen molar-refractivity contribution in [1.29, 1.82) is 0 Å². The molecule has 0 atom stereocenters. The number of anilines is 1. The molecular formula is C16H21N3O3. The van der Waals surface area contributed by atoms with Crippen molar-refractivity contribution in [1.82, 2.24) is 9.97 Å². The molecule has 0 aliphatic heterocycles. The van der Waals surface area contributed by atoms with Gasteiger partial charge in [0.2, 0.25) is 17.7 Å². The summed E-state index contributed by atoms with van der Waals surface area (Å²) in [5.74, 6) is 2.27. The highest BCUT2D eigenvalue weighted by Crippen LogP contribution is 2.22. The second-order valence-corrected chi connectivity index (χ2v) is 4.77. The van der Waals surface area contributed by atoms with E-state index in [1.54, 1.807) is 20.3 Å². The molecule has 0 unspecified atom stereocenters. The fourth-order valence-corrected chi connectivity index (χ4v) is 2.03. The molecule has 1 aromatic heterocycles. The minimum absolute atomic E-state index is 0.446. The number of rotatable bonds is 7. The topological polar surface area (TPSA) is 65.5 Å². The molecule has 0 fully saturated rings. The lowest BCUT2D eigenvalue weighted by Crippen LogP contribution is -2.14. The minimum Gasteiger partial charge on any atom is -0.491 e. The van der Waals surface area contributed by atoms with E-state index in [0.717, 1.165) is 16.9 Å². The molecule has 118 valence electrons. The highest BCUT2D eigenvalue weighted by molar-refractivity contribution is 5.39. The quantitative estimate of drug-likeness (QED) is 0.793. The summed E-state index contributed by atoms with van der Waals surface area (Å²) >= 11 is 0. The van der Waals surface area contributed by atoms with E-state index in [0.29, 0.717) is 30.9 Å². The smallest absolute Gasteiger partial charge is 0.229 e. The molecule has 22 heavy (non-hydrogen) atoms. The Morgan fingerprint density at radius 2 is 1.59 bits per heavy atom. The summed E-state index contributed by atoms with van der Waals surface area (Å²) in [7, 11) is 3.10. The average molecular weight is 303 g/mol. The number of hydrogen-bond donors (Lipinski definition) is 1. The second-order valence-electron chi connectivity index (χ2n) is 4.77. The molecule has 0 saturated heterocycles. The highest BCUT2D eigenvalue weighted by Gasteiger charge is 2.06. The van der Waals surface area contributed by atoms with Gasteiger partial charge in [0.25, 0.3) is 0 Å². The van der Waals surface area contributed by atoms with Gasteiger partial charge < -0.3 is 19.5 Å². The molecule has 0 bridgehead atoms. The lowest BCUT2D eigenvalue weighted by atomic mass is 10.1. The largest absolute Gasteiger partial charge is 0.491 e. The van der Waals surface area contributed by atoms with Crippen LogP contribution in [-0.4, -0.2) is 37.3 Å². The fraction of sp³-hybridized carbons (Fsp3) is 0.375. The van der Waals surface area contributed by atoms with Crippen molar-refractivity contribution >= 4 is 5.95 Å². The van der Waals surface area contributed by atoms with E-state index in [9.17, 15) is 0 Å². The Hall–Kier alpha value is -2.50. The first-order chi connectivity index (χ1) is 10.6. The third-order valence-electron chi connectivity index (χ3n) is 3.14. The van der Waals surface area contributed by atoms with Gasteiger partial charge in [-0.3, -0.25) is 0 Å². The van der Waals surface area contributed by atoms with Crippen molar-refractivity contribution in [2.75, 3.05) is 32.7 Å². The summed E-state index contributed by atoms with van der Waals surface area (Å²) in [4.78, 5) is 8.40. The van der Waals surface area contributed by atoms with E-state index >= 15 is 0 Å². The van der Waals surface area contributed by atoms with Crippen molar-refractivity contribution < 1.29 is 14.2 Å². The van der Waals surface area contributed by atoms with Crippen LogP contribution in [0.2, 0.25) is 0 Å². The average Bonchev–Trinajstić information content (AvgIpc) is 2.53. The maximum atomic E-state index is 5.82. The van der Waals surface area contributed by atoms with Gasteiger partial charge in [0.05, 0.1) is 26.8 Å². The predicted molar refractivity (Wildman–Crippen MR) is 85.0 cm³/mol. The number of ether oxygens (including phenoxy) is 3. The van der Waals surface area contributed by atoms with Gasteiger partial charge in [-0.15, -0.1) is 0 Å². The van der Waals surface area contributed by atoms with Crippen LogP contribution in [0.5, 0.6) is 17.5 Å². The summed E-state index contributed by atoms with van der Waals surface area (Å²) in [5.41, 5.74) is 2.25. The molecule has 0 saturated carbocycles. The molecule has 1 N–H and O–H groups in total. The molecule has 6 nitrogen and oxygen atoms in total. The molecule has 0 aliphatic rings. The summed E-state index contributed by atoms with van der Waals surface area (Å²) in [6.45, 7) is 5.15. The van der Waals surface area contributed by atoms with Gasteiger partial charge in [0.15, 0.2) is 0 Å². The summed E-state index contributed by atoms with van der Waals surface area (Å²) < 4.78 is 16.0. The van der Waals surface area contributed by atoms with Crippen molar-refractivity contribution in [2.45, 2.75) is 13.8 Å². The third-order valence-corrected chi connectivity index (χ3v) is 3.14.